The van der Waals surface area contributed by atoms with Gasteiger partial charge in [0, 0.05) is 42.5 Å². The molecule has 0 bridgehead atoms. The molecular weight excluding hydrogens is 468 g/mol. The summed E-state index contributed by atoms with van der Waals surface area (Å²) in [6, 6.07) is 17.4. The number of aromatic nitrogens is 2. The van der Waals surface area contributed by atoms with Crippen molar-refractivity contribution in [3.05, 3.63) is 77.3 Å². The summed E-state index contributed by atoms with van der Waals surface area (Å²) in [5.74, 6) is 1.65. The molecule has 0 unspecified atom stereocenters. The molecule has 0 saturated carbocycles. The first-order valence-electron chi connectivity index (χ1n) is 10.9. The van der Waals surface area contributed by atoms with Crippen LogP contribution in [-0.4, -0.2) is 56.0 Å². The number of ether oxygens (including phenoxy) is 1. The predicted octanol–water partition coefficient (Wildman–Crippen LogP) is 4.49. The SMILES string of the molecule is COc1ccc(-c2csc3ncnc(N4CCN(S(=O)(=O)/C=C/c5ccccc5)CC4)c23)cc1. The van der Waals surface area contributed by atoms with E-state index in [9.17, 15) is 8.42 Å². The van der Waals surface area contributed by atoms with Gasteiger partial charge in [0.05, 0.1) is 12.5 Å². The number of anilines is 1. The summed E-state index contributed by atoms with van der Waals surface area (Å²) in [5.41, 5.74) is 2.99. The smallest absolute Gasteiger partial charge is 0.236 e. The van der Waals surface area contributed by atoms with E-state index in [1.54, 1.807) is 30.8 Å². The molecule has 7 nitrogen and oxygen atoms in total. The van der Waals surface area contributed by atoms with E-state index in [4.69, 9.17) is 4.74 Å². The Morgan fingerprint density at radius 2 is 1.71 bits per heavy atom. The van der Waals surface area contributed by atoms with Crippen LogP contribution in [-0.2, 0) is 10.0 Å². The Bertz CT molecular complexity index is 1410. The lowest BCUT2D eigenvalue weighted by Crippen LogP contribution is -2.48. The first kappa shape index (κ1) is 22.5. The minimum Gasteiger partial charge on any atom is -0.497 e. The molecule has 0 spiro atoms. The Hall–Kier alpha value is -3.27. The van der Waals surface area contributed by atoms with E-state index in [0.717, 1.165) is 38.5 Å². The largest absolute Gasteiger partial charge is 0.497 e. The zero-order chi connectivity index (χ0) is 23.5. The van der Waals surface area contributed by atoms with Crippen LogP contribution in [0.2, 0.25) is 0 Å². The van der Waals surface area contributed by atoms with Crippen LogP contribution < -0.4 is 9.64 Å². The minimum atomic E-state index is -3.49. The summed E-state index contributed by atoms with van der Waals surface area (Å²) >= 11 is 1.58. The Morgan fingerprint density at radius 1 is 0.971 bits per heavy atom. The van der Waals surface area contributed by atoms with E-state index >= 15 is 0 Å². The molecule has 9 heteroatoms. The first-order valence-corrected chi connectivity index (χ1v) is 13.3. The molecule has 0 radical (unpaired) electrons. The van der Waals surface area contributed by atoms with Crippen molar-refractivity contribution in [3.63, 3.8) is 0 Å². The Balaban J connectivity index is 1.37. The van der Waals surface area contributed by atoms with Crippen LogP contribution in [0, 0.1) is 0 Å². The Labute approximate surface area is 203 Å². The number of methoxy groups -OCH3 is 1. The fourth-order valence-corrected chi connectivity index (χ4v) is 6.14. The monoisotopic (exact) mass is 492 g/mol. The van der Waals surface area contributed by atoms with Gasteiger partial charge in [-0.3, -0.25) is 0 Å². The van der Waals surface area contributed by atoms with Crippen molar-refractivity contribution in [3.8, 4) is 16.9 Å². The first-order chi connectivity index (χ1) is 16.5. The quantitative estimate of drug-likeness (QED) is 0.395. The van der Waals surface area contributed by atoms with Crippen LogP contribution in [0.3, 0.4) is 0 Å². The maximum absolute atomic E-state index is 12.9. The second-order valence-corrected chi connectivity index (χ2v) is 10.6. The van der Waals surface area contributed by atoms with Crippen LogP contribution in [0.25, 0.3) is 27.4 Å². The molecule has 34 heavy (non-hydrogen) atoms. The number of piperazine rings is 1. The number of thiophene rings is 1. The van der Waals surface area contributed by atoms with Crippen molar-refractivity contribution in [1.29, 1.82) is 0 Å². The van der Waals surface area contributed by atoms with Crippen molar-refractivity contribution >= 4 is 43.5 Å². The van der Waals surface area contributed by atoms with Crippen LogP contribution >= 0.6 is 11.3 Å². The summed E-state index contributed by atoms with van der Waals surface area (Å²) in [7, 11) is -1.84. The average Bonchev–Trinajstić information content (AvgIpc) is 3.33. The molecule has 4 aromatic rings. The molecule has 1 saturated heterocycles. The summed E-state index contributed by atoms with van der Waals surface area (Å²) in [4.78, 5) is 12.1. The van der Waals surface area contributed by atoms with Gasteiger partial charge in [-0.1, -0.05) is 42.5 Å². The average molecular weight is 493 g/mol. The maximum atomic E-state index is 12.9. The number of rotatable bonds is 6. The Morgan fingerprint density at radius 3 is 2.41 bits per heavy atom. The summed E-state index contributed by atoms with van der Waals surface area (Å²) in [6.07, 6.45) is 3.22. The second-order valence-electron chi connectivity index (χ2n) is 7.90. The molecule has 174 valence electrons. The summed E-state index contributed by atoms with van der Waals surface area (Å²) in [5, 5.41) is 4.39. The highest BCUT2D eigenvalue weighted by atomic mass is 32.2. The van der Waals surface area contributed by atoms with Crippen LogP contribution in [0.5, 0.6) is 5.75 Å². The third-order valence-electron chi connectivity index (χ3n) is 5.88. The highest BCUT2D eigenvalue weighted by Gasteiger charge is 2.27. The van der Waals surface area contributed by atoms with Crippen molar-refractivity contribution < 1.29 is 13.2 Å². The standard InChI is InChI=1S/C25H24N4O3S2/c1-32-21-9-7-20(8-10-21)22-17-33-25-23(22)24(26-18-27-25)28-12-14-29(15-13-28)34(30,31)16-11-19-5-3-2-4-6-19/h2-11,16-18H,12-15H2,1H3/b16-11+. The number of sulfonamides is 1. The molecule has 1 fully saturated rings. The Kier molecular flexibility index (Phi) is 6.32. The van der Waals surface area contributed by atoms with E-state index in [1.807, 2.05) is 54.6 Å². The van der Waals surface area contributed by atoms with Gasteiger partial charge in [0.2, 0.25) is 10.0 Å². The topological polar surface area (TPSA) is 75.6 Å². The van der Waals surface area contributed by atoms with Crippen molar-refractivity contribution in [2.75, 3.05) is 38.2 Å². The maximum Gasteiger partial charge on any atom is 0.236 e. The lowest BCUT2D eigenvalue weighted by molar-refractivity contribution is 0.389. The van der Waals surface area contributed by atoms with E-state index in [1.165, 1.54) is 9.71 Å². The highest BCUT2D eigenvalue weighted by Crippen LogP contribution is 2.38. The second kappa shape index (κ2) is 9.54. The molecule has 2 aromatic carbocycles. The van der Waals surface area contributed by atoms with Gasteiger partial charge in [-0.05, 0) is 29.3 Å². The van der Waals surface area contributed by atoms with Gasteiger partial charge in [0.1, 0.15) is 22.7 Å². The van der Waals surface area contributed by atoms with E-state index < -0.39 is 10.0 Å². The van der Waals surface area contributed by atoms with Gasteiger partial charge in [0.25, 0.3) is 0 Å². The third-order valence-corrected chi connectivity index (χ3v) is 8.33. The van der Waals surface area contributed by atoms with E-state index in [0.29, 0.717) is 26.2 Å². The van der Waals surface area contributed by atoms with Crippen LogP contribution in [0.1, 0.15) is 5.56 Å². The van der Waals surface area contributed by atoms with Crippen LogP contribution in [0.4, 0.5) is 5.82 Å². The number of hydrogen-bond donors (Lipinski definition) is 0. The highest BCUT2D eigenvalue weighted by molar-refractivity contribution is 7.92. The number of hydrogen-bond acceptors (Lipinski definition) is 7. The van der Waals surface area contributed by atoms with Crippen molar-refractivity contribution in [2.24, 2.45) is 0 Å². The molecule has 2 aromatic heterocycles. The third kappa shape index (κ3) is 4.54. The van der Waals surface area contributed by atoms with Gasteiger partial charge in [-0.25, -0.2) is 18.4 Å². The van der Waals surface area contributed by atoms with Gasteiger partial charge >= 0.3 is 0 Å². The van der Waals surface area contributed by atoms with E-state index in [-0.39, 0.29) is 0 Å². The summed E-state index contributed by atoms with van der Waals surface area (Å²) in [6.45, 7) is 1.91. The van der Waals surface area contributed by atoms with Gasteiger partial charge in [-0.15, -0.1) is 11.3 Å². The molecule has 0 aliphatic carbocycles. The van der Waals surface area contributed by atoms with Gasteiger partial charge in [0.15, 0.2) is 0 Å². The van der Waals surface area contributed by atoms with Gasteiger partial charge < -0.3 is 9.64 Å². The van der Waals surface area contributed by atoms with Crippen molar-refractivity contribution in [1.82, 2.24) is 14.3 Å². The predicted molar refractivity (Wildman–Crippen MR) is 138 cm³/mol. The number of nitrogens with zero attached hydrogens (tertiary/aromatic N) is 4. The molecule has 1 aliphatic heterocycles. The molecule has 0 N–H and O–H groups in total. The van der Waals surface area contributed by atoms with E-state index in [2.05, 4.69) is 20.2 Å². The molecule has 3 heterocycles. The molecule has 0 atom stereocenters. The lowest BCUT2D eigenvalue weighted by atomic mass is 10.1. The zero-order valence-corrected chi connectivity index (χ0v) is 20.3. The number of benzene rings is 2. The van der Waals surface area contributed by atoms with Crippen molar-refractivity contribution in [2.45, 2.75) is 0 Å². The van der Waals surface area contributed by atoms with Gasteiger partial charge in [-0.2, -0.15) is 4.31 Å². The lowest BCUT2D eigenvalue weighted by Gasteiger charge is -2.34. The summed E-state index contributed by atoms with van der Waals surface area (Å²) < 4.78 is 32.5. The molecular formula is C25H24N4O3S2. The number of fused-ring (bicyclic) bond motifs is 1. The molecule has 1 aliphatic rings. The fourth-order valence-electron chi connectivity index (χ4n) is 4.05. The zero-order valence-electron chi connectivity index (χ0n) is 18.7. The van der Waals surface area contributed by atoms with Crippen LogP contribution in [0.15, 0.2) is 71.7 Å². The molecule has 0 amide bonds. The normalized spacial score (nSPS) is 15.3. The molecule has 5 rings (SSSR count). The fraction of sp³-hybridized carbons (Fsp3) is 0.200. The minimum absolute atomic E-state index is 0.398.